The molecule has 1 aromatic heterocycles. The zero-order valence-corrected chi connectivity index (χ0v) is 13.2. The van der Waals surface area contributed by atoms with Gasteiger partial charge in [0.1, 0.15) is 10.8 Å². The molecule has 0 radical (unpaired) electrons. The fraction of sp³-hybridized carbons (Fsp3) is 0.600. The van der Waals surface area contributed by atoms with Crippen molar-refractivity contribution in [2.75, 3.05) is 18.5 Å². The predicted molar refractivity (Wildman–Crippen MR) is 86.2 cm³/mol. The molecule has 110 valence electrons. The lowest BCUT2D eigenvalue weighted by molar-refractivity contribution is 0.0900. The van der Waals surface area contributed by atoms with Crippen LogP contribution < -0.4 is 11.1 Å². The van der Waals surface area contributed by atoms with Crippen molar-refractivity contribution in [1.82, 2.24) is 4.98 Å². The monoisotopic (exact) mass is 293 g/mol. The maximum Gasteiger partial charge on any atom is 0.136 e. The van der Waals surface area contributed by atoms with E-state index in [0.29, 0.717) is 17.0 Å². The Morgan fingerprint density at radius 2 is 2.30 bits per heavy atom. The van der Waals surface area contributed by atoms with Crippen molar-refractivity contribution in [1.29, 1.82) is 0 Å². The highest BCUT2D eigenvalue weighted by molar-refractivity contribution is 7.80. The van der Waals surface area contributed by atoms with Gasteiger partial charge in [0.15, 0.2) is 0 Å². The summed E-state index contributed by atoms with van der Waals surface area (Å²) in [6.07, 6.45) is 2.50. The highest BCUT2D eigenvalue weighted by Gasteiger charge is 2.26. The fourth-order valence-electron chi connectivity index (χ4n) is 2.88. The van der Waals surface area contributed by atoms with Gasteiger partial charge in [-0.3, -0.25) is 0 Å². The number of hydrogen-bond donors (Lipinski definition) is 2. The summed E-state index contributed by atoms with van der Waals surface area (Å²) < 4.78 is 5.72. The molecular weight excluding hydrogens is 270 g/mol. The Morgan fingerprint density at radius 1 is 1.55 bits per heavy atom. The smallest absolute Gasteiger partial charge is 0.136 e. The van der Waals surface area contributed by atoms with Crippen LogP contribution in [0.2, 0.25) is 0 Å². The summed E-state index contributed by atoms with van der Waals surface area (Å²) in [5.74, 6) is 1.33. The van der Waals surface area contributed by atoms with Crippen molar-refractivity contribution in [2.24, 2.45) is 11.7 Å². The minimum absolute atomic E-state index is 0.349. The van der Waals surface area contributed by atoms with Crippen LogP contribution in [0.4, 0.5) is 5.82 Å². The van der Waals surface area contributed by atoms with Gasteiger partial charge < -0.3 is 15.8 Å². The summed E-state index contributed by atoms with van der Waals surface area (Å²) in [6.45, 7) is 7.87. The predicted octanol–water partition coefficient (Wildman–Crippen LogP) is 2.56. The Kier molecular flexibility index (Phi) is 4.94. The van der Waals surface area contributed by atoms with Gasteiger partial charge >= 0.3 is 0 Å². The third-order valence-corrected chi connectivity index (χ3v) is 4.08. The number of rotatable bonds is 5. The molecule has 0 saturated carbocycles. The van der Waals surface area contributed by atoms with Crippen molar-refractivity contribution >= 4 is 23.0 Å². The van der Waals surface area contributed by atoms with Gasteiger partial charge in [-0.1, -0.05) is 19.1 Å². The number of nitrogens with one attached hydrogen (secondary N) is 1. The molecule has 1 fully saturated rings. The van der Waals surface area contributed by atoms with E-state index in [-0.39, 0.29) is 0 Å². The first kappa shape index (κ1) is 15.2. The maximum absolute atomic E-state index is 5.83. The second-order valence-electron chi connectivity index (χ2n) is 5.42. The zero-order valence-electron chi connectivity index (χ0n) is 12.4. The van der Waals surface area contributed by atoms with Crippen molar-refractivity contribution < 1.29 is 4.74 Å². The molecule has 0 aliphatic carbocycles. The topological polar surface area (TPSA) is 60.2 Å². The van der Waals surface area contributed by atoms with Crippen molar-refractivity contribution in [3.8, 4) is 0 Å². The normalized spacial score (nSPS) is 21.9. The Hall–Kier alpha value is -1.20. The third kappa shape index (κ3) is 3.27. The van der Waals surface area contributed by atoms with Crippen LogP contribution in [0.1, 0.15) is 36.6 Å². The number of ether oxygens (including phenoxy) is 1. The van der Waals surface area contributed by atoms with E-state index in [1.165, 1.54) is 0 Å². The van der Waals surface area contributed by atoms with E-state index in [4.69, 9.17) is 22.7 Å². The second kappa shape index (κ2) is 6.50. The number of anilines is 1. The van der Waals surface area contributed by atoms with E-state index < -0.39 is 0 Å². The lowest BCUT2D eigenvalue weighted by Crippen LogP contribution is -2.25. The second-order valence-corrected chi connectivity index (χ2v) is 5.86. The van der Waals surface area contributed by atoms with Gasteiger partial charge in [0.25, 0.3) is 0 Å². The van der Waals surface area contributed by atoms with Gasteiger partial charge in [-0.25, -0.2) is 4.98 Å². The first-order chi connectivity index (χ1) is 9.52. The van der Waals surface area contributed by atoms with E-state index >= 15 is 0 Å². The first-order valence-electron chi connectivity index (χ1n) is 7.16. The van der Waals surface area contributed by atoms with Crippen LogP contribution in [0.25, 0.3) is 0 Å². The van der Waals surface area contributed by atoms with Gasteiger partial charge in [-0.05, 0) is 38.3 Å². The number of pyridine rings is 1. The molecule has 2 atom stereocenters. The Balaban J connectivity index is 2.14. The van der Waals surface area contributed by atoms with E-state index in [9.17, 15) is 0 Å². The van der Waals surface area contributed by atoms with Gasteiger partial charge in [-0.15, -0.1) is 0 Å². The van der Waals surface area contributed by atoms with Gasteiger partial charge in [0, 0.05) is 24.8 Å². The number of nitrogens with two attached hydrogens (primary N) is 1. The maximum atomic E-state index is 5.83. The van der Waals surface area contributed by atoms with Crippen LogP contribution in [0, 0.1) is 19.8 Å². The van der Waals surface area contributed by atoms with E-state index in [2.05, 4.69) is 17.2 Å². The average Bonchev–Trinajstić information content (AvgIpc) is 2.82. The summed E-state index contributed by atoms with van der Waals surface area (Å²) >= 11 is 5.15. The van der Waals surface area contributed by atoms with E-state index in [1.807, 2.05) is 19.9 Å². The van der Waals surface area contributed by atoms with E-state index in [0.717, 1.165) is 48.6 Å². The first-order valence-corrected chi connectivity index (χ1v) is 7.57. The Morgan fingerprint density at radius 3 is 2.95 bits per heavy atom. The van der Waals surface area contributed by atoms with Gasteiger partial charge in [0.05, 0.1) is 11.7 Å². The molecule has 0 bridgehead atoms. The molecule has 20 heavy (non-hydrogen) atoms. The van der Waals surface area contributed by atoms with Crippen molar-refractivity contribution in [3.63, 3.8) is 0 Å². The molecule has 5 heteroatoms. The molecule has 1 saturated heterocycles. The number of thiocarbonyl (C=S) groups is 1. The highest BCUT2D eigenvalue weighted by Crippen LogP contribution is 2.25. The summed E-state index contributed by atoms with van der Waals surface area (Å²) in [4.78, 5) is 4.94. The van der Waals surface area contributed by atoms with Crippen molar-refractivity contribution in [3.05, 3.63) is 22.9 Å². The molecular formula is C15H23N3OS. The minimum atomic E-state index is 0.349. The molecule has 1 aliphatic rings. The summed E-state index contributed by atoms with van der Waals surface area (Å²) in [7, 11) is 0. The van der Waals surface area contributed by atoms with Crippen LogP contribution in [0.5, 0.6) is 0 Å². The molecule has 1 aromatic rings. The molecule has 0 spiro atoms. The SMILES string of the molecule is CCC1OCCC1CNc1nc(C)cc(C)c1C(N)=S. The van der Waals surface area contributed by atoms with Crippen LogP contribution in [0.15, 0.2) is 6.07 Å². The third-order valence-electron chi connectivity index (χ3n) is 3.87. The Bertz CT molecular complexity index is 504. The number of aromatic nitrogens is 1. The molecule has 2 rings (SSSR count). The quantitative estimate of drug-likeness (QED) is 0.817. The Labute approximate surface area is 126 Å². The van der Waals surface area contributed by atoms with Crippen molar-refractivity contribution in [2.45, 2.75) is 39.7 Å². The molecule has 0 aromatic carbocycles. The largest absolute Gasteiger partial charge is 0.389 e. The van der Waals surface area contributed by atoms with Crippen LogP contribution in [0.3, 0.4) is 0 Å². The minimum Gasteiger partial charge on any atom is -0.389 e. The number of aryl methyl sites for hydroxylation is 2. The standard InChI is InChI=1S/C15H23N3OS/c1-4-12-11(5-6-19-12)8-17-15-13(14(16)20)9(2)7-10(3)18-15/h7,11-12H,4-6,8H2,1-3H3,(H2,16,20)(H,17,18). The zero-order chi connectivity index (χ0) is 14.7. The molecule has 2 heterocycles. The van der Waals surface area contributed by atoms with Gasteiger partial charge in [-0.2, -0.15) is 0 Å². The van der Waals surface area contributed by atoms with Crippen LogP contribution in [-0.2, 0) is 4.74 Å². The molecule has 3 N–H and O–H groups in total. The summed E-state index contributed by atoms with van der Waals surface area (Å²) in [5, 5.41) is 3.42. The highest BCUT2D eigenvalue weighted by atomic mass is 32.1. The fourth-order valence-corrected chi connectivity index (χ4v) is 3.14. The van der Waals surface area contributed by atoms with E-state index in [1.54, 1.807) is 0 Å². The lowest BCUT2D eigenvalue weighted by Gasteiger charge is -2.19. The summed E-state index contributed by atoms with van der Waals surface area (Å²) in [5.41, 5.74) is 8.73. The summed E-state index contributed by atoms with van der Waals surface area (Å²) in [6, 6.07) is 2.01. The van der Waals surface area contributed by atoms with Crippen LogP contribution in [-0.4, -0.2) is 29.2 Å². The number of hydrogen-bond acceptors (Lipinski definition) is 4. The van der Waals surface area contributed by atoms with Crippen LogP contribution >= 0.6 is 12.2 Å². The molecule has 2 unspecified atom stereocenters. The number of nitrogens with zero attached hydrogens (tertiary/aromatic N) is 1. The lowest BCUT2D eigenvalue weighted by atomic mass is 9.99. The molecule has 4 nitrogen and oxygen atoms in total. The molecule has 1 aliphatic heterocycles. The molecule has 0 amide bonds. The average molecular weight is 293 g/mol. The van der Waals surface area contributed by atoms with Gasteiger partial charge in [0.2, 0.25) is 0 Å².